The molecule has 1 aliphatic rings. The Balaban J connectivity index is 2.65. The summed E-state index contributed by atoms with van der Waals surface area (Å²) in [5.41, 5.74) is -0.777. The molecule has 80 valence electrons. The van der Waals surface area contributed by atoms with Gasteiger partial charge in [-0.05, 0) is 13.8 Å². The van der Waals surface area contributed by atoms with Crippen molar-refractivity contribution in [3.8, 4) is 6.07 Å². The summed E-state index contributed by atoms with van der Waals surface area (Å²) in [6, 6.07) is 2.31. The van der Waals surface area contributed by atoms with Gasteiger partial charge in [-0.15, -0.1) is 0 Å². The van der Waals surface area contributed by atoms with E-state index in [1.807, 2.05) is 13.8 Å². The number of hydrogen-bond acceptors (Lipinski definition) is 4. The number of aliphatic hydroxyl groups is 1. The standard InChI is InChI=1S/C10H18N2O2/c1-9(2)7-10(8-11,3-6-14-9)12-4-5-13/h12-13H,3-7H2,1-2H3. The van der Waals surface area contributed by atoms with Crippen LogP contribution < -0.4 is 5.32 Å². The maximum absolute atomic E-state index is 9.15. The van der Waals surface area contributed by atoms with Crippen LogP contribution in [0.5, 0.6) is 0 Å². The van der Waals surface area contributed by atoms with Gasteiger partial charge in [-0.2, -0.15) is 5.26 Å². The van der Waals surface area contributed by atoms with Crippen LogP contribution in [0.15, 0.2) is 0 Å². The quantitative estimate of drug-likeness (QED) is 0.689. The molecule has 4 heteroatoms. The van der Waals surface area contributed by atoms with Crippen molar-refractivity contribution >= 4 is 0 Å². The van der Waals surface area contributed by atoms with Crippen LogP contribution in [0.3, 0.4) is 0 Å². The fourth-order valence-corrected chi connectivity index (χ4v) is 1.95. The monoisotopic (exact) mass is 198 g/mol. The van der Waals surface area contributed by atoms with E-state index in [9.17, 15) is 0 Å². The van der Waals surface area contributed by atoms with Gasteiger partial charge in [0.1, 0.15) is 5.54 Å². The molecule has 1 fully saturated rings. The topological polar surface area (TPSA) is 65.3 Å². The third-order valence-corrected chi connectivity index (χ3v) is 2.54. The minimum atomic E-state index is -0.523. The summed E-state index contributed by atoms with van der Waals surface area (Å²) in [5, 5.41) is 21.0. The van der Waals surface area contributed by atoms with E-state index in [-0.39, 0.29) is 12.2 Å². The second-order valence-corrected chi connectivity index (χ2v) is 4.38. The Morgan fingerprint density at radius 1 is 1.57 bits per heavy atom. The first-order valence-corrected chi connectivity index (χ1v) is 4.95. The van der Waals surface area contributed by atoms with E-state index >= 15 is 0 Å². The first-order valence-electron chi connectivity index (χ1n) is 4.95. The van der Waals surface area contributed by atoms with E-state index in [4.69, 9.17) is 15.1 Å². The molecule has 0 radical (unpaired) electrons. The van der Waals surface area contributed by atoms with Gasteiger partial charge in [0.15, 0.2) is 0 Å². The van der Waals surface area contributed by atoms with Crippen molar-refractivity contribution in [3.05, 3.63) is 0 Å². The van der Waals surface area contributed by atoms with Crippen LogP contribution in [0, 0.1) is 11.3 Å². The van der Waals surface area contributed by atoms with Gasteiger partial charge in [-0.25, -0.2) is 0 Å². The molecule has 1 unspecified atom stereocenters. The number of hydrogen-bond donors (Lipinski definition) is 2. The summed E-state index contributed by atoms with van der Waals surface area (Å²) in [5.74, 6) is 0. The van der Waals surface area contributed by atoms with E-state index < -0.39 is 5.54 Å². The molecule has 2 N–H and O–H groups in total. The summed E-state index contributed by atoms with van der Waals surface area (Å²) < 4.78 is 5.55. The number of ether oxygens (including phenoxy) is 1. The Hall–Kier alpha value is -0.630. The Bertz CT molecular complexity index is 235. The van der Waals surface area contributed by atoms with Gasteiger partial charge >= 0.3 is 0 Å². The Kier molecular flexibility index (Phi) is 3.48. The molecule has 0 amide bonds. The highest BCUT2D eigenvalue weighted by Crippen LogP contribution is 2.31. The number of nitrogens with zero attached hydrogens (tertiary/aromatic N) is 1. The molecule has 14 heavy (non-hydrogen) atoms. The van der Waals surface area contributed by atoms with E-state index in [0.717, 1.165) is 0 Å². The van der Waals surface area contributed by atoms with Crippen LogP contribution in [-0.2, 0) is 4.74 Å². The number of nitrogens with one attached hydrogen (secondary N) is 1. The summed E-state index contributed by atoms with van der Waals surface area (Å²) in [7, 11) is 0. The van der Waals surface area contributed by atoms with Gasteiger partial charge in [-0.1, -0.05) is 0 Å². The molecule has 1 aliphatic heterocycles. The van der Waals surface area contributed by atoms with E-state index in [1.165, 1.54) is 0 Å². The number of nitriles is 1. The lowest BCUT2D eigenvalue weighted by molar-refractivity contribution is -0.0763. The van der Waals surface area contributed by atoms with Crippen molar-refractivity contribution in [1.29, 1.82) is 5.26 Å². The molecule has 1 saturated heterocycles. The van der Waals surface area contributed by atoms with Crippen LogP contribution in [-0.4, -0.2) is 36.0 Å². The minimum absolute atomic E-state index is 0.0602. The molecular formula is C10H18N2O2. The van der Waals surface area contributed by atoms with Crippen molar-refractivity contribution < 1.29 is 9.84 Å². The zero-order valence-electron chi connectivity index (χ0n) is 8.84. The van der Waals surface area contributed by atoms with Gasteiger partial charge < -0.3 is 9.84 Å². The Labute approximate surface area is 84.9 Å². The molecule has 0 saturated carbocycles. The number of β-amino-alcohol motifs (C(OH)–C–C–N with tert-alkyl or cyclic N) is 1. The Morgan fingerprint density at radius 2 is 2.29 bits per heavy atom. The lowest BCUT2D eigenvalue weighted by Gasteiger charge is -2.41. The molecule has 1 heterocycles. The second-order valence-electron chi connectivity index (χ2n) is 4.38. The molecule has 0 aromatic carbocycles. The summed E-state index contributed by atoms with van der Waals surface area (Å²) in [6.45, 7) is 5.09. The average Bonchev–Trinajstić information content (AvgIpc) is 2.13. The molecule has 1 rings (SSSR count). The maximum Gasteiger partial charge on any atom is 0.111 e. The molecule has 0 aromatic heterocycles. The van der Waals surface area contributed by atoms with Crippen molar-refractivity contribution in [2.45, 2.75) is 37.8 Å². The zero-order chi connectivity index (χ0) is 10.7. The van der Waals surface area contributed by atoms with Crippen LogP contribution in [0.4, 0.5) is 0 Å². The lowest BCUT2D eigenvalue weighted by atomic mass is 9.82. The normalized spacial score (nSPS) is 31.0. The first kappa shape index (κ1) is 11.4. The lowest BCUT2D eigenvalue weighted by Crippen LogP contribution is -2.54. The average molecular weight is 198 g/mol. The fraction of sp³-hybridized carbons (Fsp3) is 0.900. The van der Waals surface area contributed by atoms with E-state index in [2.05, 4.69) is 11.4 Å². The maximum atomic E-state index is 9.15. The van der Waals surface area contributed by atoms with Gasteiger partial charge in [0.05, 0.1) is 24.9 Å². The summed E-state index contributed by atoms with van der Waals surface area (Å²) >= 11 is 0. The van der Waals surface area contributed by atoms with E-state index in [0.29, 0.717) is 26.0 Å². The van der Waals surface area contributed by atoms with Gasteiger partial charge in [0.25, 0.3) is 0 Å². The zero-order valence-corrected chi connectivity index (χ0v) is 8.84. The highest BCUT2D eigenvalue weighted by molar-refractivity contribution is 5.11. The van der Waals surface area contributed by atoms with Crippen LogP contribution >= 0.6 is 0 Å². The van der Waals surface area contributed by atoms with Crippen molar-refractivity contribution in [3.63, 3.8) is 0 Å². The van der Waals surface area contributed by atoms with Crippen LogP contribution in [0.1, 0.15) is 26.7 Å². The van der Waals surface area contributed by atoms with Gasteiger partial charge in [-0.3, -0.25) is 5.32 Å². The minimum Gasteiger partial charge on any atom is -0.395 e. The fourth-order valence-electron chi connectivity index (χ4n) is 1.95. The molecular weight excluding hydrogens is 180 g/mol. The summed E-state index contributed by atoms with van der Waals surface area (Å²) in [6.07, 6.45) is 1.35. The summed E-state index contributed by atoms with van der Waals surface area (Å²) in [4.78, 5) is 0. The van der Waals surface area contributed by atoms with E-state index in [1.54, 1.807) is 0 Å². The number of aliphatic hydroxyl groups excluding tert-OH is 1. The van der Waals surface area contributed by atoms with Gasteiger partial charge in [0.2, 0.25) is 0 Å². The smallest absolute Gasteiger partial charge is 0.111 e. The third kappa shape index (κ3) is 2.68. The molecule has 4 nitrogen and oxygen atoms in total. The largest absolute Gasteiger partial charge is 0.395 e. The van der Waals surface area contributed by atoms with Crippen LogP contribution in [0.25, 0.3) is 0 Å². The highest BCUT2D eigenvalue weighted by atomic mass is 16.5. The second kappa shape index (κ2) is 4.26. The molecule has 1 atom stereocenters. The SMILES string of the molecule is CC1(C)CC(C#N)(NCCO)CCO1. The first-order chi connectivity index (χ1) is 6.54. The molecule has 0 aromatic rings. The molecule has 0 bridgehead atoms. The van der Waals surface area contributed by atoms with Crippen molar-refractivity contribution in [2.24, 2.45) is 0 Å². The Morgan fingerprint density at radius 3 is 2.79 bits per heavy atom. The molecule has 0 spiro atoms. The highest BCUT2D eigenvalue weighted by Gasteiger charge is 2.40. The predicted octanol–water partition coefficient (Wildman–Crippen LogP) is 0.420. The van der Waals surface area contributed by atoms with Crippen molar-refractivity contribution in [2.75, 3.05) is 19.8 Å². The third-order valence-electron chi connectivity index (χ3n) is 2.54. The van der Waals surface area contributed by atoms with Crippen LogP contribution in [0.2, 0.25) is 0 Å². The van der Waals surface area contributed by atoms with Crippen molar-refractivity contribution in [1.82, 2.24) is 5.32 Å². The predicted molar refractivity (Wildman–Crippen MR) is 52.7 cm³/mol. The van der Waals surface area contributed by atoms with Gasteiger partial charge in [0, 0.05) is 19.4 Å². The molecule has 0 aliphatic carbocycles. The number of rotatable bonds is 3.